The summed E-state index contributed by atoms with van der Waals surface area (Å²) in [5.74, 6) is -0.00896. The quantitative estimate of drug-likeness (QED) is 0.618. The molecule has 8 heteroatoms. The third-order valence-corrected chi connectivity index (χ3v) is 4.66. The molecule has 1 fully saturated rings. The number of halogens is 2. The third kappa shape index (κ3) is 4.11. The Morgan fingerprint density at radius 3 is 2.74 bits per heavy atom. The van der Waals surface area contributed by atoms with Gasteiger partial charge < -0.3 is 5.32 Å². The van der Waals surface area contributed by atoms with Crippen molar-refractivity contribution in [3.8, 4) is 11.4 Å². The van der Waals surface area contributed by atoms with Gasteiger partial charge in [0.2, 0.25) is 5.91 Å². The van der Waals surface area contributed by atoms with Crippen LogP contribution in [-0.4, -0.2) is 26.1 Å². The van der Waals surface area contributed by atoms with Crippen LogP contribution in [0.3, 0.4) is 0 Å². The molecular formula is C19H15BrFN5O. The maximum absolute atomic E-state index is 13.7. The fourth-order valence-electron chi connectivity index (χ4n) is 2.64. The Hall–Kier alpha value is -2.87. The molecule has 0 bridgehead atoms. The molecule has 1 aliphatic carbocycles. The second-order valence-electron chi connectivity index (χ2n) is 6.24. The fraction of sp³-hybridized carbons (Fsp3) is 0.158. The molecule has 0 aliphatic heterocycles. The van der Waals surface area contributed by atoms with E-state index >= 15 is 0 Å². The van der Waals surface area contributed by atoms with Crippen molar-refractivity contribution in [1.29, 1.82) is 0 Å². The summed E-state index contributed by atoms with van der Waals surface area (Å²) in [6.45, 7) is 0. The summed E-state index contributed by atoms with van der Waals surface area (Å²) in [5.41, 5.74) is 1.85. The summed E-state index contributed by atoms with van der Waals surface area (Å²) >= 11 is 3.28. The lowest BCUT2D eigenvalue weighted by Gasteiger charge is -2.05. The van der Waals surface area contributed by atoms with Crippen molar-refractivity contribution in [2.24, 2.45) is 0 Å². The minimum Gasteiger partial charge on any atom is -0.323 e. The van der Waals surface area contributed by atoms with Crippen LogP contribution in [0.4, 0.5) is 10.1 Å². The minimum atomic E-state index is -0.389. The van der Waals surface area contributed by atoms with Crippen LogP contribution in [0.25, 0.3) is 17.5 Å². The van der Waals surface area contributed by atoms with Crippen molar-refractivity contribution in [3.63, 3.8) is 0 Å². The Kier molecular flexibility index (Phi) is 4.81. The van der Waals surface area contributed by atoms with E-state index < -0.39 is 0 Å². The van der Waals surface area contributed by atoms with E-state index in [0.29, 0.717) is 17.3 Å². The highest BCUT2D eigenvalue weighted by molar-refractivity contribution is 9.10. The van der Waals surface area contributed by atoms with Gasteiger partial charge in [0.05, 0.1) is 6.04 Å². The maximum Gasteiger partial charge on any atom is 0.248 e. The molecule has 27 heavy (non-hydrogen) atoms. The second kappa shape index (κ2) is 7.40. The van der Waals surface area contributed by atoms with Crippen LogP contribution in [0.15, 0.2) is 53.0 Å². The number of carbonyl (C=O) groups excluding carboxylic acids is 1. The number of nitrogens with one attached hydrogen (secondary N) is 1. The summed E-state index contributed by atoms with van der Waals surface area (Å²) in [4.78, 5) is 12.1. The molecule has 1 amide bonds. The van der Waals surface area contributed by atoms with Gasteiger partial charge in [0.25, 0.3) is 0 Å². The first-order valence-corrected chi connectivity index (χ1v) is 9.22. The zero-order valence-corrected chi connectivity index (χ0v) is 15.7. The van der Waals surface area contributed by atoms with E-state index in [1.54, 1.807) is 24.3 Å². The van der Waals surface area contributed by atoms with Crippen LogP contribution in [-0.2, 0) is 4.79 Å². The Morgan fingerprint density at radius 2 is 2.00 bits per heavy atom. The average Bonchev–Trinajstić information content (AvgIpc) is 3.40. The Balaban J connectivity index is 1.43. The molecule has 0 radical (unpaired) electrons. The maximum atomic E-state index is 13.7. The Morgan fingerprint density at radius 1 is 1.22 bits per heavy atom. The predicted molar refractivity (Wildman–Crippen MR) is 103 cm³/mol. The molecule has 3 aromatic rings. The SMILES string of the molecule is O=C(/C=C/c1cc(Br)ccc1F)Nc1ccc(-c2nnnn2C2CC2)cc1. The summed E-state index contributed by atoms with van der Waals surface area (Å²) in [6.07, 6.45) is 4.92. The average molecular weight is 428 g/mol. The van der Waals surface area contributed by atoms with E-state index in [4.69, 9.17) is 0 Å². The highest BCUT2D eigenvalue weighted by Crippen LogP contribution is 2.36. The molecule has 1 aliphatic rings. The van der Waals surface area contributed by atoms with Gasteiger partial charge in [0.15, 0.2) is 5.82 Å². The van der Waals surface area contributed by atoms with E-state index in [2.05, 4.69) is 36.8 Å². The van der Waals surface area contributed by atoms with Crippen LogP contribution in [0.2, 0.25) is 0 Å². The van der Waals surface area contributed by atoms with Gasteiger partial charge in [-0.15, -0.1) is 5.10 Å². The number of aromatic nitrogens is 4. The predicted octanol–water partition coefficient (Wildman–Crippen LogP) is 4.23. The van der Waals surface area contributed by atoms with Crippen molar-refractivity contribution in [2.45, 2.75) is 18.9 Å². The van der Waals surface area contributed by atoms with Gasteiger partial charge in [-0.1, -0.05) is 15.9 Å². The second-order valence-corrected chi connectivity index (χ2v) is 7.16. The highest BCUT2D eigenvalue weighted by atomic mass is 79.9. The molecule has 6 nitrogen and oxygen atoms in total. The first-order valence-electron chi connectivity index (χ1n) is 8.42. The number of carbonyl (C=O) groups is 1. The molecule has 2 aromatic carbocycles. The van der Waals surface area contributed by atoms with E-state index in [9.17, 15) is 9.18 Å². The normalized spacial score (nSPS) is 13.9. The summed E-state index contributed by atoms with van der Waals surface area (Å²) < 4.78 is 16.3. The van der Waals surface area contributed by atoms with Crippen molar-refractivity contribution < 1.29 is 9.18 Å². The number of anilines is 1. The van der Waals surface area contributed by atoms with E-state index in [-0.39, 0.29) is 11.7 Å². The largest absolute Gasteiger partial charge is 0.323 e. The molecular weight excluding hydrogens is 413 g/mol. The summed E-state index contributed by atoms with van der Waals surface area (Å²) in [5, 5.41) is 14.6. The summed E-state index contributed by atoms with van der Waals surface area (Å²) in [6, 6.07) is 12.2. The number of tetrazole rings is 1. The van der Waals surface area contributed by atoms with Crippen LogP contribution in [0.1, 0.15) is 24.4 Å². The third-order valence-electron chi connectivity index (χ3n) is 4.17. The zero-order chi connectivity index (χ0) is 18.8. The molecule has 1 N–H and O–H groups in total. The van der Waals surface area contributed by atoms with Crippen molar-refractivity contribution in [2.75, 3.05) is 5.32 Å². The molecule has 1 aromatic heterocycles. The van der Waals surface area contributed by atoms with Gasteiger partial charge in [-0.2, -0.15) is 0 Å². The lowest BCUT2D eigenvalue weighted by molar-refractivity contribution is -0.111. The topological polar surface area (TPSA) is 72.7 Å². The fourth-order valence-corrected chi connectivity index (χ4v) is 3.02. The van der Waals surface area contributed by atoms with Gasteiger partial charge in [-0.3, -0.25) is 4.79 Å². The van der Waals surface area contributed by atoms with Crippen LogP contribution in [0.5, 0.6) is 0 Å². The first-order chi connectivity index (χ1) is 13.1. The minimum absolute atomic E-state index is 0.335. The molecule has 1 heterocycles. The van der Waals surface area contributed by atoms with Gasteiger partial charge in [-0.25, -0.2) is 9.07 Å². The van der Waals surface area contributed by atoms with Gasteiger partial charge in [0.1, 0.15) is 5.82 Å². The number of rotatable bonds is 5. The number of nitrogens with zero attached hydrogens (tertiary/aromatic N) is 4. The molecule has 136 valence electrons. The van der Waals surface area contributed by atoms with Gasteiger partial charge >= 0.3 is 0 Å². The smallest absolute Gasteiger partial charge is 0.248 e. The molecule has 0 saturated heterocycles. The van der Waals surface area contributed by atoms with Crippen molar-refractivity contribution in [1.82, 2.24) is 20.2 Å². The number of benzene rings is 2. The number of amides is 1. The van der Waals surface area contributed by atoms with E-state index in [1.807, 2.05) is 16.8 Å². The molecule has 0 spiro atoms. The van der Waals surface area contributed by atoms with Crippen molar-refractivity contribution >= 4 is 33.6 Å². The Bertz CT molecular complexity index is 1010. The first kappa shape index (κ1) is 17.5. The van der Waals surface area contributed by atoms with E-state index in [0.717, 1.165) is 28.7 Å². The monoisotopic (exact) mass is 427 g/mol. The van der Waals surface area contributed by atoms with Gasteiger partial charge in [0, 0.05) is 27.4 Å². The van der Waals surface area contributed by atoms with Crippen LogP contribution < -0.4 is 5.32 Å². The molecule has 1 saturated carbocycles. The lowest BCUT2D eigenvalue weighted by atomic mass is 10.2. The highest BCUT2D eigenvalue weighted by Gasteiger charge is 2.28. The zero-order valence-electron chi connectivity index (χ0n) is 14.1. The Labute approximate surface area is 163 Å². The summed E-state index contributed by atoms with van der Waals surface area (Å²) in [7, 11) is 0. The van der Waals surface area contributed by atoms with Crippen LogP contribution >= 0.6 is 15.9 Å². The molecule has 0 unspecified atom stereocenters. The molecule has 0 atom stereocenters. The standard InChI is InChI=1S/C19H15BrFN5O/c20-14-4-9-17(21)13(11-14)3-10-18(27)22-15-5-1-12(2-6-15)19-23-24-25-26(19)16-7-8-16/h1-6,9-11,16H,7-8H2,(H,22,27)/b10-3+. The number of hydrogen-bond donors (Lipinski definition) is 1. The van der Waals surface area contributed by atoms with Gasteiger partial charge in [-0.05, 0) is 71.8 Å². The lowest BCUT2D eigenvalue weighted by Crippen LogP contribution is -2.07. The number of hydrogen-bond acceptors (Lipinski definition) is 4. The van der Waals surface area contributed by atoms with E-state index in [1.165, 1.54) is 18.2 Å². The van der Waals surface area contributed by atoms with Crippen molar-refractivity contribution in [3.05, 3.63) is 64.4 Å². The molecule has 4 rings (SSSR count). The van der Waals surface area contributed by atoms with Crippen LogP contribution in [0, 0.1) is 5.82 Å².